The van der Waals surface area contributed by atoms with Gasteiger partial charge in [0.25, 0.3) is 10.0 Å². The molecule has 0 heterocycles. The lowest BCUT2D eigenvalue weighted by atomic mass is 10.2. The Labute approximate surface area is 201 Å². The number of hydrogen-bond acceptors (Lipinski definition) is 5. The molecule has 172 valence electrons. The zero-order chi connectivity index (χ0) is 24.2. The minimum absolute atomic E-state index is 0.0214. The predicted octanol–water partition coefficient (Wildman–Crippen LogP) is 4.92. The van der Waals surface area contributed by atoms with E-state index >= 15 is 0 Å². The van der Waals surface area contributed by atoms with Crippen molar-refractivity contribution in [1.82, 2.24) is 0 Å². The standard InChI is InChI=1S/C23H20Cl2N2O5S/c1-15-4-3-5-18(12-15)27(33(30,31)19-9-7-17(24)8-10-19)14-22(28)26-21-13-16(23(29)32-2)6-11-20(21)25/h3-13H,14H2,1-2H3,(H,26,28). The van der Waals surface area contributed by atoms with Crippen LogP contribution in [-0.4, -0.2) is 33.9 Å². The lowest BCUT2D eigenvalue weighted by molar-refractivity contribution is -0.114. The number of anilines is 2. The Kier molecular flexibility index (Phi) is 7.63. The maximum Gasteiger partial charge on any atom is 0.337 e. The summed E-state index contributed by atoms with van der Waals surface area (Å²) in [5.74, 6) is -1.26. The predicted molar refractivity (Wildman–Crippen MR) is 129 cm³/mol. The number of rotatable bonds is 7. The molecule has 0 atom stereocenters. The lowest BCUT2D eigenvalue weighted by Gasteiger charge is -2.24. The van der Waals surface area contributed by atoms with Gasteiger partial charge in [0.05, 0.1) is 34.0 Å². The van der Waals surface area contributed by atoms with Crippen LogP contribution in [-0.2, 0) is 19.6 Å². The molecule has 0 unspecified atom stereocenters. The van der Waals surface area contributed by atoms with Crippen molar-refractivity contribution in [3.05, 3.63) is 87.9 Å². The van der Waals surface area contributed by atoms with Gasteiger partial charge in [-0.15, -0.1) is 0 Å². The molecule has 3 aromatic carbocycles. The van der Waals surface area contributed by atoms with Crippen molar-refractivity contribution >= 4 is 56.5 Å². The highest BCUT2D eigenvalue weighted by Gasteiger charge is 2.27. The Hall–Kier alpha value is -3.07. The third kappa shape index (κ3) is 5.84. The van der Waals surface area contributed by atoms with Crippen molar-refractivity contribution in [2.45, 2.75) is 11.8 Å². The van der Waals surface area contributed by atoms with Crippen LogP contribution in [0.15, 0.2) is 71.6 Å². The lowest BCUT2D eigenvalue weighted by Crippen LogP contribution is -2.38. The molecule has 10 heteroatoms. The van der Waals surface area contributed by atoms with Gasteiger partial charge in [-0.05, 0) is 67.1 Å². The van der Waals surface area contributed by atoms with Gasteiger partial charge in [0.1, 0.15) is 6.54 Å². The molecule has 0 aliphatic rings. The molecule has 3 aromatic rings. The minimum Gasteiger partial charge on any atom is -0.465 e. The van der Waals surface area contributed by atoms with E-state index in [2.05, 4.69) is 10.1 Å². The molecule has 0 bridgehead atoms. The Bertz CT molecular complexity index is 1290. The molecule has 0 spiro atoms. The average Bonchev–Trinajstić information content (AvgIpc) is 2.78. The highest BCUT2D eigenvalue weighted by Crippen LogP contribution is 2.27. The second-order valence-corrected chi connectivity index (χ2v) is 9.74. The smallest absolute Gasteiger partial charge is 0.337 e. The SMILES string of the molecule is COC(=O)c1ccc(Cl)c(NC(=O)CN(c2cccc(C)c2)S(=O)(=O)c2ccc(Cl)cc2)c1. The summed E-state index contributed by atoms with van der Waals surface area (Å²) in [6, 6.07) is 16.7. The topological polar surface area (TPSA) is 92.8 Å². The molecule has 0 fully saturated rings. The van der Waals surface area contributed by atoms with Gasteiger partial charge in [-0.3, -0.25) is 9.10 Å². The summed E-state index contributed by atoms with van der Waals surface area (Å²) in [6.45, 7) is 1.28. The van der Waals surface area contributed by atoms with Crippen molar-refractivity contribution in [3.63, 3.8) is 0 Å². The van der Waals surface area contributed by atoms with Crippen LogP contribution < -0.4 is 9.62 Å². The van der Waals surface area contributed by atoms with Crippen LogP contribution in [0.25, 0.3) is 0 Å². The summed E-state index contributed by atoms with van der Waals surface area (Å²) in [5.41, 5.74) is 1.46. The van der Waals surface area contributed by atoms with Crippen LogP contribution >= 0.6 is 23.2 Å². The van der Waals surface area contributed by atoms with E-state index in [1.807, 2.05) is 13.0 Å². The first-order valence-electron chi connectivity index (χ1n) is 9.64. The zero-order valence-corrected chi connectivity index (χ0v) is 20.0. The van der Waals surface area contributed by atoms with Crippen molar-refractivity contribution in [2.24, 2.45) is 0 Å². The van der Waals surface area contributed by atoms with Crippen LogP contribution in [0.4, 0.5) is 11.4 Å². The summed E-state index contributed by atoms with van der Waals surface area (Å²) in [7, 11) is -2.87. The van der Waals surface area contributed by atoms with E-state index in [-0.39, 0.29) is 21.2 Å². The number of carbonyl (C=O) groups excluding carboxylic acids is 2. The number of benzene rings is 3. The maximum absolute atomic E-state index is 13.4. The molecule has 0 saturated carbocycles. The number of amides is 1. The summed E-state index contributed by atoms with van der Waals surface area (Å²) in [4.78, 5) is 24.7. The van der Waals surface area contributed by atoms with E-state index in [0.29, 0.717) is 10.7 Å². The van der Waals surface area contributed by atoms with Crippen LogP contribution in [0, 0.1) is 6.92 Å². The van der Waals surface area contributed by atoms with Gasteiger partial charge in [0, 0.05) is 5.02 Å². The van der Waals surface area contributed by atoms with Gasteiger partial charge in [0.2, 0.25) is 5.91 Å². The molecule has 0 aliphatic heterocycles. The van der Waals surface area contributed by atoms with Gasteiger partial charge in [0.15, 0.2) is 0 Å². The molecule has 3 rings (SSSR count). The quantitative estimate of drug-likeness (QED) is 0.459. The highest BCUT2D eigenvalue weighted by molar-refractivity contribution is 7.92. The van der Waals surface area contributed by atoms with Crippen molar-refractivity contribution in [2.75, 3.05) is 23.3 Å². The number of ether oxygens (including phenoxy) is 1. The van der Waals surface area contributed by atoms with E-state index in [4.69, 9.17) is 23.2 Å². The molecule has 0 aliphatic carbocycles. The average molecular weight is 507 g/mol. The Morgan fingerprint density at radius 2 is 1.70 bits per heavy atom. The zero-order valence-electron chi connectivity index (χ0n) is 17.7. The van der Waals surface area contributed by atoms with Gasteiger partial charge in [-0.25, -0.2) is 13.2 Å². The maximum atomic E-state index is 13.4. The number of methoxy groups -OCH3 is 1. The van der Waals surface area contributed by atoms with Crippen molar-refractivity contribution in [1.29, 1.82) is 0 Å². The first kappa shape index (κ1) is 24.6. The fourth-order valence-corrected chi connectivity index (χ4v) is 4.72. The first-order chi connectivity index (χ1) is 15.6. The third-order valence-electron chi connectivity index (χ3n) is 4.64. The Balaban J connectivity index is 1.95. The number of nitrogens with one attached hydrogen (secondary N) is 1. The summed E-state index contributed by atoms with van der Waals surface area (Å²) in [6.07, 6.45) is 0. The molecule has 7 nitrogen and oxygen atoms in total. The summed E-state index contributed by atoms with van der Waals surface area (Å²) >= 11 is 12.0. The fraction of sp³-hybridized carbons (Fsp3) is 0.130. The minimum atomic E-state index is -4.10. The Morgan fingerprint density at radius 1 is 1.00 bits per heavy atom. The normalized spacial score (nSPS) is 11.0. The van der Waals surface area contributed by atoms with Crippen LogP contribution in [0.2, 0.25) is 10.0 Å². The van der Waals surface area contributed by atoms with Crippen LogP contribution in [0.1, 0.15) is 15.9 Å². The molecule has 0 radical (unpaired) electrons. The molecule has 33 heavy (non-hydrogen) atoms. The number of hydrogen-bond donors (Lipinski definition) is 1. The number of halogens is 2. The fourth-order valence-electron chi connectivity index (χ4n) is 3.02. The Morgan fingerprint density at radius 3 is 2.33 bits per heavy atom. The second kappa shape index (κ2) is 10.2. The van der Waals surface area contributed by atoms with E-state index in [1.54, 1.807) is 18.2 Å². The van der Waals surface area contributed by atoms with Gasteiger partial charge >= 0.3 is 5.97 Å². The summed E-state index contributed by atoms with van der Waals surface area (Å²) in [5, 5.41) is 3.13. The highest BCUT2D eigenvalue weighted by atomic mass is 35.5. The number of nitrogens with zero attached hydrogens (tertiary/aromatic N) is 1. The number of esters is 1. The number of sulfonamides is 1. The van der Waals surface area contributed by atoms with Gasteiger partial charge in [-0.2, -0.15) is 0 Å². The number of carbonyl (C=O) groups is 2. The van der Waals surface area contributed by atoms with Gasteiger partial charge < -0.3 is 10.1 Å². The van der Waals surface area contributed by atoms with E-state index < -0.39 is 28.4 Å². The second-order valence-electron chi connectivity index (χ2n) is 7.04. The van der Waals surface area contributed by atoms with E-state index in [0.717, 1.165) is 9.87 Å². The third-order valence-corrected chi connectivity index (χ3v) is 7.01. The largest absolute Gasteiger partial charge is 0.465 e. The molecular weight excluding hydrogens is 487 g/mol. The molecule has 0 aromatic heterocycles. The van der Waals surface area contributed by atoms with Crippen LogP contribution in [0.5, 0.6) is 0 Å². The first-order valence-corrected chi connectivity index (χ1v) is 11.8. The van der Waals surface area contributed by atoms with Crippen molar-refractivity contribution in [3.8, 4) is 0 Å². The van der Waals surface area contributed by atoms with Crippen LogP contribution in [0.3, 0.4) is 0 Å². The molecule has 1 amide bonds. The molecule has 1 N–H and O–H groups in total. The van der Waals surface area contributed by atoms with Crippen molar-refractivity contribution < 1.29 is 22.7 Å². The summed E-state index contributed by atoms with van der Waals surface area (Å²) < 4.78 is 32.5. The van der Waals surface area contributed by atoms with Gasteiger partial charge in [-0.1, -0.05) is 35.3 Å². The monoisotopic (exact) mass is 506 g/mol. The molecule has 0 saturated heterocycles. The van der Waals surface area contributed by atoms with E-state index in [1.165, 1.54) is 49.6 Å². The number of aryl methyl sites for hydroxylation is 1. The van der Waals surface area contributed by atoms with E-state index in [9.17, 15) is 18.0 Å². The molecular formula is C23H20Cl2N2O5S.